The van der Waals surface area contributed by atoms with Gasteiger partial charge in [-0.15, -0.1) is 11.6 Å². The van der Waals surface area contributed by atoms with Gasteiger partial charge in [-0.25, -0.2) is 0 Å². The SMILES string of the molecule is COc1ccc(CCl)cc1OCc1ccccc1.[H-].[H-].[Mg+2]. The normalized spacial score (nSPS) is 9.58. The first-order valence-electron chi connectivity index (χ1n) is 5.73. The molecule has 4 heteroatoms. The molecule has 0 atom stereocenters. The van der Waals surface area contributed by atoms with E-state index in [1.807, 2.05) is 48.5 Å². The zero-order valence-electron chi connectivity index (χ0n) is 12.9. The van der Waals surface area contributed by atoms with Crippen LogP contribution in [0.3, 0.4) is 0 Å². The van der Waals surface area contributed by atoms with Crippen molar-refractivity contribution in [3.05, 3.63) is 59.7 Å². The van der Waals surface area contributed by atoms with Gasteiger partial charge in [0.25, 0.3) is 0 Å². The Hall–Kier alpha value is -0.904. The maximum atomic E-state index is 5.82. The Morgan fingerprint density at radius 3 is 2.37 bits per heavy atom. The van der Waals surface area contributed by atoms with E-state index in [9.17, 15) is 0 Å². The van der Waals surface area contributed by atoms with Crippen LogP contribution >= 0.6 is 11.6 Å². The van der Waals surface area contributed by atoms with E-state index >= 15 is 0 Å². The van der Waals surface area contributed by atoms with Gasteiger partial charge < -0.3 is 12.3 Å². The van der Waals surface area contributed by atoms with Crippen LogP contribution in [0.1, 0.15) is 14.0 Å². The fourth-order valence-corrected chi connectivity index (χ4v) is 1.82. The molecule has 2 aromatic rings. The van der Waals surface area contributed by atoms with Crippen molar-refractivity contribution >= 4 is 34.7 Å². The zero-order chi connectivity index (χ0) is 12.8. The van der Waals surface area contributed by atoms with Gasteiger partial charge in [-0.1, -0.05) is 36.4 Å². The second-order valence-electron chi connectivity index (χ2n) is 3.89. The van der Waals surface area contributed by atoms with Gasteiger partial charge in [-0.3, -0.25) is 0 Å². The van der Waals surface area contributed by atoms with Crippen molar-refractivity contribution in [2.24, 2.45) is 0 Å². The second-order valence-corrected chi connectivity index (χ2v) is 4.16. The Balaban J connectivity index is 0. The Morgan fingerprint density at radius 2 is 1.74 bits per heavy atom. The molecule has 2 aromatic carbocycles. The van der Waals surface area contributed by atoms with E-state index in [1.54, 1.807) is 7.11 Å². The molecule has 0 fully saturated rings. The molecule has 0 aliphatic carbocycles. The molecule has 0 aromatic heterocycles. The van der Waals surface area contributed by atoms with E-state index in [0.29, 0.717) is 12.5 Å². The summed E-state index contributed by atoms with van der Waals surface area (Å²) in [5, 5.41) is 0. The molecule has 0 amide bonds. The number of halogens is 1. The van der Waals surface area contributed by atoms with Crippen molar-refractivity contribution in [1.29, 1.82) is 0 Å². The minimum Gasteiger partial charge on any atom is -1.00 e. The number of hydrogen-bond acceptors (Lipinski definition) is 2. The van der Waals surface area contributed by atoms with Gasteiger partial charge in [0, 0.05) is 5.88 Å². The number of hydrogen-bond donors (Lipinski definition) is 0. The van der Waals surface area contributed by atoms with Crippen molar-refractivity contribution < 1.29 is 12.3 Å². The summed E-state index contributed by atoms with van der Waals surface area (Å²) >= 11 is 5.82. The molecule has 0 spiro atoms. The van der Waals surface area contributed by atoms with Crippen LogP contribution in [0, 0.1) is 0 Å². The van der Waals surface area contributed by atoms with Gasteiger partial charge in [0.15, 0.2) is 11.5 Å². The maximum absolute atomic E-state index is 5.82. The first kappa shape index (κ1) is 16.2. The fraction of sp³-hybridized carbons (Fsp3) is 0.200. The third-order valence-corrected chi connectivity index (χ3v) is 2.93. The summed E-state index contributed by atoms with van der Waals surface area (Å²) in [6.45, 7) is 0.517. The molecule has 2 nitrogen and oxygen atoms in total. The van der Waals surface area contributed by atoms with Crippen LogP contribution in [-0.4, -0.2) is 30.2 Å². The molecule has 19 heavy (non-hydrogen) atoms. The zero-order valence-corrected chi connectivity index (χ0v) is 13.1. The average molecular weight is 289 g/mol. The molecular formula is C15H17ClMgO2. The predicted molar refractivity (Wildman–Crippen MR) is 81.3 cm³/mol. The summed E-state index contributed by atoms with van der Waals surface area (Å²) in [7, 11) is 1.63. The largest absolute Gasteiger partial charge is 2.00 e. The smallest absolute Gasteiger partial charge is 1.00 e. The molecule has 0 bridgehead atoms. The molecule has 0 unspecified atom stereocenters. The summed E-state index contributed by atoms with van der Waals surface area (Å²) in [4.78, 5) is 0. The third-order valence-electron chi connectivity index (χ3n) is 2.62. The van der Waals surface area contributed by atoms with E-state index in [0.717, 1.165) is 22.6 Å². The van der Waals surface area contributed by atoms with E-state index in [1.165, 1.54) is 0 Å². The van der Waals surface area contributed by atoms with Crippen LogP contribution in [0.4, 0.5) is 0 Å². The summed E-state index contributed by atoms with van der Waals surface area (Å²) in [5.41, 5.74) is 2.14. The molecule has 0 N–H and O–H groups in total. The number of rotatable bonds is 5. The van der Waals surface area contributed by atoms with Crippen molar-refractivity contribution in [3.63, 3.8) is 0 Å². The minimum absolute atomic E-state index is 0. The first-order chi connectivity index (χ1) is 8.83. The molecule has 0 radical (unpaired) electrons. The van der Waals surface area contributed by atoms with Gasteiger partial charge in [-0.2, -0.15) is 0 Å². The van der Waals surface area contributed by atoms with Crippen LogP contribution in [0.15, 0.2) is 48.5 Å². The van der Waals surface area contributed by atoms with E-state index in [4.69, 9.17) is 21.1 Å². The standard InChI is InChI=1S/C15H15ClO2.Mg.2H/c1-17-14-8-7-13(10-16)9-15(14)18-11-12-5-3-2-4-6-12;;;/h2-9H,10-11H2,1H3;;;/q;+2;2*-1. The number of methoxy groups -OCH3 is 1. The second kappa shape index (κ2) is 8.30. The van der Waals surface area contributed by atoms with Gasteiger partial charge in [0.05, 0.1) is 7.11 Å². The van der Waals surface area contributed by atoms with Crippen LogP contribution in [0.2, 0.25) is 0 Å². The van der Waals surface area contributed by atoms with Crippen molar-refractivity contribution in [3.8, 4) is 11.5 Å². The van der Waals surface area contributed by atoms with Crippen LogP contribution in [0.25, 0.3) is 0 Å². The minimum atomic E-state index is 0. The Bertz CT molecular complexity index is 512. The fourth-order valence-electron chi connectivity index (χ4n) is 1.65. The quantitative estimate of drug-likeness (QED) is 0.614. The predicted octanol–water partition coefficient (Wildman–Crippen LogP) is 3.86. The van der Waals surface area contributed by atoms with Gasteiger partial charge in [0.2, 0.25) is 0 Å². The molecule has 0 heterocycles. The summed E-state index contributed by atoms with van der Waals surface area (Å²) in [6.07, 6.45) is 0. The molecule has 0 saturated carbocycles. The molecular weight excluding hydrogens is 272 g/mol. The number of ether oxygens (including phenoxy) is 2. The molecule has 0 aliphatic heterocycles. The number of alkyl halides is 1. The monoisotopic (exact) mass is 288 g/mol. The van der Waals surface area contributed by atoms with E-state index in [2.05, 4.69) is 0 Å². The Morgan fingerprint density at radius 1 is 1.00 bits per heavy atom. The topological polar surface area (TPSA) is 18.5 Å². The summed E-state index contributed by atoms with van der Waals surface area (Å²) < 4.78 is 11.0. The Labute approximate surface area is 137 Å². The maximum Gasteiger partial charge on any atom is 2.00 e. The Kier molecular flexibility index (Phi) is 7.06. The number of benzene rings is 2. The van der Waals surface area contributed by atoms with E-state index < -0.39 is 0 Å². The molecule has 98 valence electrons. The van der Waals surface area contributed by atoms with E-state index in [-0.39, 0.29) is 25.9 Å². The van der Waals surface area contributed by atoms with Crippen molar-refractivity contribution in [2.45, 2.75) is 12.5 Å². The van der Waals surface area contributed by atoms with Gasteiger partial charge in [0.1, 0.15) is 6.61 Å². The summed E-state index contributed by atoms with van der Waals surface area (Å²) in [5.74, 6) is 1.91. The third kappa shape index (κ3) is 4.60. The van der Waals surface area contributed by atoms with Crippen LogP contribution in [0.5, 0.6) is 11.5 Å². The molecule has 2 rings (SSSR count). The van der Waals surface area contributed by atoms with Crippen LogP contribution < -0.4 is 9.47 Å². The van der Waals surface area contributed by atoms with Crippen molar-refractivity contribution in [1.82, 2.24) is 0 Å². The average Bonchev–Trinajstić information content (AvgIpc) is 2.45. The van der Waals surface area contributed by atoms with Gasteiger partial charge >= 0.3 is 23.1 Å². The first-order valence-corrected chi connectivity index (χ1v) is 6.26. The van der Waals surface area contributed by atoms with Crippen LogP contribution in [-0.2, 0) is 12.5 Å². The molecule has 0 aliphatic rings. The molecule has 0 saturated heterocycles. The van der Waals surface area contributed by atoms with Gasteiger partial charge in [-0.05, 0) is 23.3 Å². The summed E-state index contributed by atoms with van der Waals surface area (Å²) in [6, 6.07) is 15.7. The van der Waals surface area contributed by atoms with Crippen molar-refractivity contribution in [2.75, 3.05) is 7.11 Å².